The van der Waals surface area contributed by atoms with E-state index in [9.17, 15) is 29.7 Å². The molecule has 6 aromatic carbocycles. The van der Waals surface area contributed by atoms with E-state index in [4.69, 9.17) is 14.2 Å². The highest BCUT2D eigenvalue weighted by atomic mass is 16.6. The Kier molecular flexibility index (Phi) is 15.3. The third kappa shape index (κ3) is 11.4. The topological polar surface area (TPSA) is 183 Å². The van der Waals surface area contributed by atoms with Gasteiger partial charge in [0.05, 0.1) is 30.9 Å². The molecule has 1 amide bonds. The van der Waals surface area contributed by atoms with Gasteiger partial charge in [-0.1, -0.05) is 109 Å². The summed E-state index contributed by atoms with van der Waals surface area (Å²) < 4.78 is 17.7. The summed E-state index contributed by atoms with van der Waals surface area (Å²) in [4.78, 5) is 44.0. The van der Waals surface area contributed by atoms with E-state index < -0.39 is 17.7 Å². The zero-order valence-corrected chi connectivity index (χ0v) is 37.9. The van der Waals surface area contributed by atoms with Crippen molar-refractivity contribution in [3.8, 4) is 17.2 Å². The number of fused-ring (bicyclic) bond motifs is 1. The van der Waals surface area contributed by atoms with Crippen molar-refractivity contribution in [2.45, 2.75) is 50.8 Å². The molecule has 0 radical (unpaired) electrons. The summed E-state index contributed by atoms with van der Waals surface area (Å²) >= 11 is 0. The number of likely N-dealkylation sites (tertiary alicyclic amines) is 1. The average molecular weight is 917 g/mol. The van der Waals surface area contributed by atoms with Crippen LogP contribution >= 0.6 is 0 Å². The summed E-state index contributed by atoms with van der Waals surface area (Å²) in [6.45, 7) is 4.01. The number of rotatable bonds is 19. The number of H-pyrrole nitrogens is 1. The fourth-order valence-corrected chi connectivity index (χ4v) is 8.59. The molecule has 0 saturated carbocycles. The molecule has 1 fully saturated rings. The molecule has 1 saturated heterocycles. The van der Waals surface area contributed by atoms with Crippen molar-refractivity contribution in [2.24, 2.45) is 5.92 Å². The average Bonchev–Trinajstić information content (AvgIpc) is 3.37. The zero-order chi connectivity index (χ0) is 47.5. The predicted molar refractivity (Wildman–Crippen MR) is 259 cm³/mol. The minimum Gasteiger partial charge on any atom is -0.506 e. The molecule has 0 aliphatic carbocycles. The number of carbonyl (C=O) groups is 2. The highest BCUT2D eigenvalue weighted by Gasteiger charge is 2.42. The molecule has 2 heterocycles. The predicted octanol–water partition coefficient (Wildman–Crippen LogP) is 7.27. The van der Waals surface area contributed by atoms with Gasteiger partial charge in [0.1, 0.15) is 23.9 Å². The van der Waals surface area contributed by atoms with Crippen LogP contribution in [0, 0.1) is 5.92 Å². The van der Waals surface area contributed by atoms with Gasteiger partial charge in [0.25, 0.3) is 5.91 Å². The van der Waals surface area contributed by atoms with Crippen LogP contribution in [-0.2, 0) is 41.4 Å². The molecule has 350 valence electrons. The maximum absolute atomic E-state index is 13.9. The SMILES string of the molecule is COc1cc(CNC[C@H](O)c2ccc(O)c3[nH]c(=O)ccc23)ccc1C(=O)NCc1ccc(COc2cccc([C@](O)(C(=O)OCC3CCN(Cc4ccccc4)CC3)c3ccccc3)c2)cc1. The molecule has 7 aromatic rings. The van der Waals surface area contributed by atoms with E-state index in [0.717, 1.165) is 49.2 Å². The zero-order valence-electron chi connectivity index (χ0n) is 37.9. The van der Waals surface area contributed by atoms with Gasteiger partial charge in [0.15, 0.2) is 0 Å². The number of methoxy groups -OCH3 is 1. The van der Waals surface area contributed by atoms with Gasteiger partial charge in [-0.25, -0.2) is 4.79 Å². The first-order valence-corrected chi connectivity index (χ1v) is 22.8. The van der Waals surface area contributed by atoms with Crippen molar-refractivity contribution in [3.63, 3.8) is 0 Å². The number of phenolic OH excluding ortho intramolecular Hbond substituents is 1. The number of amides is 1. The van der Waals surface area contributed by atoms with Gasteiger partial charge < -0.3 is 45.1 Å². The molecule has 2 atom stereocenters. The maximum Gasteiger partial charge on any atom is 0.347 e. The van der Waals surface area contributed by atoms with Crippen LogP contribution in [0.25, 0.3) is 10.9 Å². The van der Waals surface area contributed by atoms with Crippen molar-refractivity contribution in [1.29, 1.82) is 0 Å². The number of aromatic nitrogens is 1. The normalized spacial score (nSPS) is 14.5. The number of nitrogens with one attached hydrogen (secondary N) is 3. The Bertz CT molecular complexity index is 2870. The van der Waals surface area contributed by atoms with Gasteiger partial charge in [-0.15, -0.1) is 0 Å². The Morgan fingerprint density at radius 2 is 1.49 bits per heavy atom. The summed E-state index contributed by atoms with van der Waals surface area (Å²) in [6.07, 6.45) is 0.882. The van der Waals surface area contributed by atoms with Crippen molar-refractivity contribution in [1.82, 2.24) is 20.5 Å². The van der Waals surface area contributed by atoms with Crippen LogP contribution in [0.1, 0.15) is 68.2 Å². The summed E-state index contributed by atoms with van der Waals surface area (Å²) in [6, 6.07) is 45.1. The highest BCUT2D eigenvalue weighted by Crippen LogP contribution is 2.34. The van der Waals surface area contributed by atoms with Crippen LogP contribution in [0.15, 0.2) is 156 Å². The van der Waals surface area contributed by atoms with Gasteiger partial charge in [0.2, 0.25) is 11.2 Å². The molecular formula is C55H56N4O9. The van der Waals surface area contributed by atoms with Crippen LogP contribution in [0.3, 0.4) is 0 Å². The molecular weight excluding hydrogens is 861 g/mol. The molecule has 1 aromatic heterocycles. The number of aromatic amines is 1. The number of aliphatic hydroxyl groups is 2. The van der Waals surface area contributed by atoms with Gasteiger partial charge in [-0.3, -0.25) is 14.5 Å². The third-order valence-electron chi connectivity index (χ3n) is 12.5. The van der Waals surface area contributed by atoms with Crippen LogP contribution < -0.4 is 25.7 Å². The smallest absolute Gasteiger partial charge is 0.347 e. The molecule has 0 unspecified atom stereocenters. The lowest BCUT2D eigenvalue weighted by molar-refractivity contribution is -0.164. The number of nitrogens with zero attached hydrogens (tertiary/aromatic N) is 1. The molecule has 68 heavy (non-hydrogen) atoms. The van der Waals surface area contributed by atoms with Crippen molar-refractivity contribution < 1.29 is 39.1 Å². The number of piperidine rings is 1. The first-order chi connectivity index (χ1) is 33.1. The highest BCUT2D eigenvalue weighted by molar-refractivity contribution is 5.97. The number of esters is 1. The Morgan fingerprint density at radius 1 is 0.779 bits per heavy atom. The molecule has 0 bridgehead atoms. The van der Waals surface area contributed by atoms with Gasteiger partial charge in [0, 0.05) is 43.2 Å². The Hall–Kier alpha value is -7.29. The molecule has 13 nitrogen and oxygen atoms in total. The van der Waals surface area contributed by atoms with Crippen LogP contribution in [0.2, 0.25) is 0 Å². The van der Waals surface area contributed by atoms with E-state index >= 15 is 0 Å². The van der Waals surface area contributed by atoms with Crippen molar-refractivity contribution in [2.75, 3.05) is 33.4 Å². The largest absolute Gasteiger partial charge is 0.506 e. The number of benzene rings is 6. The van der Waals surface area contributed by atoms with E-state index in [0.29, 0.717) is 45.7 Å². The van der Waals surface area contributed by atoms with E-state index in [1.807, 2.05) is 42.5 Å². The third-order valence-corrected chi connectivity index (χ3v) is 12.5. The quantitative estimate of drug-likeness (QED) is 0.0449. The second kappa shape index (κ2) is 22.0. The fraction of sp³-hybridized carbons (Fsp3) is 0.255. The number of phenols is 1. The Morgan fingerprint density at radius 3 is 2.24 bits per heavy atom. The fourth-order valence-electron chi connectivity index (χ4n) is 8.59. The van der Waals surface area contributed by atoms with Gasteiger partial charge >= 0.3 is 5.97 Å². The number of hydrogen-bond acceptors (Lipinski definition) is 11. The number of aliphatic hydroxyl groups excluding tert-OH is 1. The molecule has 1 aliphatic heterocycles. The van der Waals surface area contributed by atoms with E-state index in [1.165, 1.54) is 24.8 Å². The summed E-state index contributed by atoms with van der Waals surface area (Å²) in [5, 5.41) is 40.1. The summed E-state index contributed by atoms with van der Waals surface area (Å²) in [5.41, 5.74) is 3.41. The Balaban J connectivity index is 0.820. The second-order valence-corrected chi connectivity index (χ2v) is 17.2. The second-order valence-electron chi connectivity index (χ2n) is 17.2. The van der Waals surface area contributed by atoms with Crippen molar-refractivity contribution >= 4 is 22.8 Å². The minimum absolute atomic E-state index is 0.0771. The number of pyridine rings is 1. The van der Waals surface area contributed by atoms with E-state index in [-0.39, 0.29) is 55.0 Å². The molecule has 13 heteroatoms. The molecule has 0 spiro atoms. The van der Waals surface area contributed by atoms with Crippen LogP contribution in [0.4, 0.5) is 0 Å². The molecule has 1 aliphatic rings. The van der Waals surface area contributed by atoms with E-state index in [1.54, 1.807) is 72.8 Å². The molecule has 6 N–H and O–H groups in total. The maximum atomic E-state index is 13.9. The number of hydrogen-bond donors (Lipinski definition) is 6. The lowest BCUT2D eigenvalue weighted by Gasteiger charge is -2.33. The Labute approximate surface area is 395 Å². The lowest BCUT2D eigenvalue weighted by atomic mass is 9.86. The van der Waals surface area contributed by atoms with Crippen LogP contribution in [0.5, 0.6) is 17.2 Å². The monoisotopic (exact) mass is 916 g/mol. The van der Waals surface area contributed by atoms with Crippen LogP contribution in [-0.4, -0.2) is 70.4 Å². The summed E-state index contributed by atoms with van der Waals surface area (Å²) in [7, 11) is 1.50. The minimum atomic E-state index is -2.05. The first kappa shape index (κ1) is 47.2. The van der Waals surface area contributed by atoms with Gasteiger partial charge in [-0.05, 0) is 102 Å². The molecule has 8 rings (SSSR count). The van der Waals surface area contributed by atoms with Crippen molar-refractivity contribution in [3.05, 3.63) is 207 Å². The number of ether oxygens (including phenoxy) is 3. The first-order valence-electron chi connectivity index (χ1n) is 22.8. The van der Waals surface area contributed by atoms with Gasteiger partial charge in [-0.2, -0.15) is 0 Å². The number of aromatic hydroxyl groups is 1. The standard InChI is InChI=1S/C55H56N4O9/c1-66-50-29-41(31-56-33-49(61)45-21-23-48(60)52-46(45)22-24-51(62)58-52)19-20-47(50)53(63)57-32-37-15-17-39(18-16-37)35-67-44-14-8-13-43(30-44)55(65,42-11-6-3-7-12-42)54(64)68-36-40-25-27-59(28-26-40)34-38-9-4-2-5-10-38/h2-24,29-30,40,49,56,60-61,65H,25-28,31-36H2,1H3,(H,57,63)(H,58,62)/t49-,55-/m0/s1. The summed E-state index contributed by atoms with van der Waals surface area (Å²) in [5.74, 6) is -0.0334. The number of carbonyl (C=O) groups excluding carboxylic acids is 2. The lowest BCUT2D eigenvalue weighted by Crippen LogP contribution is -2.40. The van der Waals surface area contributed by atoms with E-state index in [2.05, 4.69) is 44.8 Å².